The standard InChI is InChI=1S/C19H25N3O3/c1-13-18(25-15(3)20-13)19(23)22-11-9-21(10-12-22)14(2)16-7-5-6-8-17(16)24-4/h5-8,14H,9-12H2,1-4H3/t14-/m0/s1. The van der Waals surface area contributed by atoms with Gasteiger partial charge in [-0.15, -0.1) is 0 Å². The largest absolute Gasteiger partial charge is 0.496 e. The molecule has 0 unspecified atom stereocenters. The lowest BCUT2D eigenvalue weighted by Gasteiger charge is -2.38. The highest BCUT2D eigenvalue weighted by Gasteiger charge is 2.29. The van der Waals surface area contributed by atoms with Gasteiger partial charge in [-0.25, -0.2) is 4.98 Å². The summed E-state index contributed by atoms with van der Waals surface area (Å²) in [4.78, 5) is 21.0. The molecule has 1 amide bonds. The molecule has 1 atom stereocenters. The summed E-state index contributed by atoms with van der Waals surface area (Å²) in [6.07, 6.45) is 0. The number of rotatable bonds is 4. The van der Waals surface area contributed by atoms with E-state index in [0.29, 0.717) is 30.4 Å². The van der Waals surface area contributed by atoms with Crippen LogP contribution in [0.2, 0.25) is 0 Å². The molecule has 2 heterocycles. The summed E-state index contributed by atoms with van der Waals surface area (Å²) in [5.74, 6) is 1.73. The fourth-order valence-electron chi connectivity index (χ4n) is 3.39. The van der Waals surface area contributed by atoms with Crippen molar-refractivity contribution < 1.29 is 13.9 Å². The molecule has 0 N–H and O–H groups in total. The molecular weight excluding hydrogens is 318 g/mol. The Labute approximate surface area is 148 Å². The second-order valence-corrected chi connectivity index (χ2v) is 6.39. The zero-order chi connectivity index (χ0) is 18.0. The zero-order valence-corrected chi connectivity index (χ0v) is 15.3. The van der Waals surface area contributed by atoms with Crippen LogP contribution >= 0.6 is 0 Å². The van der Waals surface area contributed by atoms with Gasteiger partial charge in [0.2, 0.25) is 5.76 Å². The number of benzene rings is 1. The van der Waals surface area contributed by atoms with Crippen molar-refractivity contribution in [3.63, 3.8) is 0 Å². The van der Waals surface area contributed by atoms with E-state index in [1.54, 1.807) is 14.0 Å². The van der Waals surface area contributed by atoms with Crippen molar-refractivity contribution in [3.05, 3.63) is 47.2 Å². The van der Waals surface area contributed by atoms with Crippen molar-refractivity contribution in [2.45, 2.75) is 26.8 Å². The van der Waals surface area contributed by atoms with Crippen LogP contribution in [0.15, 0.2) is 28.7 Å². The Morgan fingerprint density at radius 3 is 2.48 bits per heavy atom. The maximum Gasteiger partial charge on any atom is 0.291 e. The molecule has 0 saturated carbocycles. The Balaban J connectivity index is 1.65. The van der Waals surface area contributed by atoms with Crippen molar-refractivity contribution in [1.29, 1.82) is 0 Å². The van der Waals surface area contributed by atoms with Gasteiger partial charge in [0, 0.05) is 44.7 Å². The normalized spacial score (nSPS) is 16.7. The average molecular weight is 343 g/mol. The van der Waals surface area contributed by atoms with E-state index in [9.17, 15) is 4.79 Å². The number of oxazole rings is 1. The van der Waals surface area contributed by atoms with E-state index < -0.39 is 0 Å². The Bertz CT molecular complexity index is 748. The minimum absolute atomic E-state index is 0.0669. The van der Waals surface area contributed by atoms with Crippen LogP contribution in [0.1, 0.15) is 40.7 Å². The number of ether oxygens (including phenoxy) is 1. The fourth-order valence-corrected chi connectivity index (χ4v) is 3.39. The monoisotopic (exact) mass is 343 g/mol. The molecule has 134 valence electrons. The van der Waals surface area contributed by atoms with Crippen molar-refractivity contribution in [2.75, 3.05) is 33.3 Å². The van der Waals surface area contributed by atoms with Crippen molar-refractivity contribution in [3.8, 4) is 5.75 Å². The van der Waals surface area contributed by atoms with Gasteiger partial charge in [0.25, 0.3) is 5.91 Å². The molecule has 25 heavy (non-hydrogen) atoms. The van der Waals surface area contributed by atoms with E-state index in [2.05, 4.69) is 22.9 Å². The van der Waals surface area contributed by atoms with Gasteiger partial charge >= 0.3 is 0 Å². The van der Waals surface area contributed by atoms with Gasteiger partial charge in [-0.2, -0.15) is 0 Å². The summed E-state index contributed by atoms with van der Waals surface area (Å²) in [5.41, 5.74) is 1.83. The second-order valence-electron chi connectivity index (χ2n) is 6.39. The molecule has 1 fully saturated rings. The number of piperazine rings is 1. The smallest absolute Gasteiger partial charge is 0.291 e. The fraction of sp³-hybridized carbons (Fsp3) is 0.474. The molecule has 0 bridgehead atoms. The third-order valence-electron chi connectivity index (χ3n) is 4.84. The Kier molecular flexibility index (Phi) is 5.08. The minimum Gasteiger partial charge on any atom is -0.496 e. The molecule has 0 aliphatic carbocycles. The lowest BCUT2D eigenvalue weighted by Crippen LogP contribution is -2.49. The van der Waals surface area contributed by atoms with E-state index in [0.717, 1.165) is 18.8 Å². The predicted molar refractivity (Wildman–Crippen MR) is 94.9 cm³/mol. The first-order chi connectivity index (χ1) is 12.0. The highest BCUT2D eigenvalue weighted by molar-refractivity contribution is 5.92. The maximum absolute atomic E-state index is 12.6. The molecule has 2 aromatic rings. The average Bonchev–Trinajstić information content (AvgIpc) is 2.98. The van der Waals surface area contributed by atoms with Gasteiger partial charge in [-0.3, -0.25) is 9.69 Å². The molecule has 1 saturated heterocycles. The van der Waals surface area contributed by atoms with E-state index in [-0.39, 0.29) is 11.9 Å². The molecule has 0 radical (unpaired) electrons. The number of hydrogen-bond acceptors (Lipinski definition) is 5. The van der Waals surface area contributed by atoms with E-state index >= 15 is 0 Å². The van der Waals surface area contributed by atoms with Gasteiger partial charge in [0.15, 0.2) is 5.89 Å². The minimum atomic E-state index is -0.0669. The van der Waals surface area contributed by atoms with Crippen molar-refractivity contribution in [1.82, 2.24) is 14.8 Å². The first-order valence-electron chi connectivity index (χ1n) is 8.61. The van der Waals surface area contributed by atoms with Crippen LogP contribution < -0.4 is 4.74 Å². The van der Waals surface area contributed by atoms with Crippen LogP contribution in [0.5, 0.6) is 5.75 Å². The van der Waals surface area contributed by atoms with Gasteiger partial charge in [-0.1, -0.05) is 18.2 Å². The molecule has 1 aromatic heterocycles. The maximum atomic E-state index is 12.6. The molecule has 6 heteroatoms. The Morgan fingerprint density at radius 1 is 1.20 bits per heavy atom. The third-order valence-corrected chi connectivity index (χ3v) is 4.84. The van der Waals surface area contributed by atoms with Crippen LogP contribution in [0.3, 0.4) is 0 Å². The first-order valence-corrected chi connectivity index (χ1v) is 8.61. The number of para-hydroxylation sites is 1. The molecule has 1 aromatic carbocycles. The SMILES string of the molecule is COc1ccccc1[C@H](C)N1CCN(C(=O)c2oc(C)nc2C)CC1. The van der Waals surface area contributed by atoms with E-state index in [1.165, 1.54) is 5.56 Å². The summed E-state index contributed by atoms with van der Waals surface area (Å²) in [5, 5.41) is 0. The number of amides is 1. The highest BCUT2D eigenvalue weighted by Crippen LogP contribution is 2.29. The summed E-state index contributed by atoms with van der Waals surface area (Å²) >= 11 is 0. The number of hydrogen-bond donors (Lipinski definition) is 0. The zero-order valence-electron chi connectivity index (χ0n) is 15.3. The predicted octanol–water partition coefficient (Wildman–Crippen LogP) is 2.82. The van der Waals surface area contributed by atoms with Crippen LogP contribution in [0, 0.1) is 13.8 Å². The molecule has 1 aliphatic heterocycles. The summed E-state index contributed by atoms with van der Waals surface area (Å²) in [6, 6.07) is 8.33. The summed E-state index contributed by atoms with van der Waals surface area (Å²) in [6.45, 7) is 8.74. The van der Waals surface area contributed by atoms with Crippen LogP contribution in [-0.4, -0.2) is 54.0 Å². The summed E-state index contributed by atoms with van der Waals surface area (Å²) < 4.78 is 11.0. The van der Waals surface area contributed by atoms with Crippen LogP contribution in [-0.2, 0) is 0 Å². The Morgan fingerprint density at radius 2 is 1.88 bits per heavy atom. The molecule has 6 nitrogen and oxygen atoms in total. The highest BCUT2D eigenvalue weighted by atomic mass is 16.5. The number of carbonyl (C=O) groups is 1. The number of aromatic nitrogens is 1. The first kappa shape index (κ1) is 17.5. The lowest BCUT2D eigenvalue weighted by molar-refractivity contribution is 0.0549. The van der Waals surface area contributed by atoms with Crippen molar-refractivity contribution in [2.24, 2.45) is 0 Å². The van der Waals surface area contributed by atoms with Crippen LogP contribution in [0.25, 0.3) is 0 Å². The molecule has 0 spiro atoms. The molecule has 1 aliphatic rings. The molecular formula is C19H25N3O3. The third kappa shape index (κ3) is 3.54. The second kappa shape index (κ2) is 7.27. The topological polar surface area (TPSA) is 58.8 Å². The van der Waals surface area contributed by atoms with E-state index in [4.69, 9.17) is 9.15 Å². The van der Waals surface area contributed by atoms with Crippen LogP contribution in [0.4, 0.5) is 0 Å². The molecule has 3 rings (SSSR count). The van der Waals surface area contributed by atoms with Gasteiger partial charge < -0.3 is 14.1 Å². The quantitative estimate of drug-likeness (QED) is 0.854. The number of aryl methyl sites for hydroxylation is 2. The summed E-state index contributed by atoms with van der Waals surface area (Å²) in [7, 11) is 1.70. The van der Waals surface area contributed by atoms with E-state index in [1.807, 2.05) is 30.0 Å². The van der Waals surface area contributed by atoms with Crippen molar-refractivity contribution >= 4 is 5.91 Å². The number of methoxy groups -OCH3 is 1. The van der Waals surface area contributed by atoms with Gasteiger partial charge in [0.1, 0.15) is 5.75 Å². The number of nitrogens with zero attached hydrogens (tertiary/aromatic N) is 3. The van der Waals surface area contributed by atoms with Gasteiger partial charge in [0.05, 0.1) is 12.8 Å². The van der Waals surface area contributed by atoms with Gasteiger partial charge in [-0.05, 0) is 19.9 Å². The lowest BCUT2D eigenvalue weighted by atomic mass is 10.0. The number of carbonyl (C=O) groups excluding carboxylic acids is 1. The Hall–Kier alpha value is -2.34.